The fraction of sp³-hybridized carbons (Fsp3) is 0.812. The predicted octanol–water partition coefficient (Wildman–Crippen LogP) is 0.556. The van der Waals surface area contributed by atoms with Crippen LogP contribution < -0.4 is 29.6 Å². The van der Waals surface area contributed by atoms with Gasteiger partial charge in [0.25, 0.3) is 0 Å². The second-order valence-electron chi connectivity index (χ2n) is 5.71. The van der Waals surface area contributed by atoms with Crippen molar-refractivity contribution >= 4 is 16.1 Å². The molecule has 0 unspecified atom stereocenters. The zero-order valence-electron chi connectivity index (χ0n) is 14.6. The van der Waals surface area contributed by atoms with Crippen LogP contribution in [0.1, 0.15) is 71.1 Å². The fourth-order valence-electron chi connectivity index (χ4n) is 2.08. The van der Waals surface area contributed by atoms with Crippen molar-refractivity contribution in [2.45, 2.75) is 71.1 Å². The summed E-state index contributed by atoms with van der Waals surface area (Å²) in [5, 5.41) is 0. The molecule has 0 N–H and O–H groups in total. The average Bonchev–Trinajstić information content (AvgIpc) is 2.42. The van der Waals surface area contributed by atoms with E-state index in [0.717, 1.165) is 44.9 Å². The second kappa shape index (κ2) is 15.6. The Morgan fingerprint density at radius 3 is 1.70 bits per heavy atom. The molecular formula is C16H29NaO5S. The zero-order chi connectivity index (χ0) is 16.8. The van der Waals surface area contributed by atoms with Gasteiger partial charge >= 0.3 is 35.5 Å². The molecule has 130 valence electrons. The van der Waals surface area contributed by atoms with E-state index < -0.39 is 10.1 Å². The summed E-state index contributed by atoms with van der Waals surface area (Å²) in [6.07, 6.45) is 9.96. The molecule has 0 aromatic carbocycles. The van der Waals surface area contributed by atoms with Gasteiger partial charge < -0.3 is 9.29 Å². The first-order valence-electron chi connectivity index (χ1n) is 8.09. The van der Waals surface area contributed by atoms with E-state index in [1.54, 1.807) is 6.92 Å². The van der Waals surface area contributed by atoms with Crippen molar-refractivity contribution in [2.24, 2.45) is 0 Å². The molecule has 0 saturated heterocycles. The van der Waals surface area contributed by atoms with Gasteiger partial charge in [0.2, 0.25) is 0 Å². The molecule has 0 aromatic rings. The van der Waals surface area contributed by atoms with Gasteiger partial charge in [-0.2, -0.15) is 0 Å². The van der Waals surface area contributed by atoms with Crippen molar-refractivity contribution in [1.82, 2.24) is 0 Å². The molecule has 23 heavy (non-hydrogen) atoms. The van der Waals surface area contributed by atoms with Gasteiger partial charge in [0.1, 0.15) is 0 Å². The quantitative estimate of drug-likeness (QED) is 0.149. The Morgan fingerprint density at radius 1 is 0.913 bits per heavy atom. The smallest absolute Gasteiger partial charge is 0.748 e. The van der Waals surface area contributed by atoms with Crippen molar-refractivity contribution in [3.05, 3.63) is 12.2 Å². The molecule has 0 spiro atoms. The Kier molecular flexibility index (Phi) is 17.2. The van der Waals surface area contributed by atoms with Crippen molar-refractivity contribution in [3.63, 3.8) is 0 Å². The molecular weight excluding hydrogens is 327 g/mol. The van der Waals surface area contributed by atoms with Crippen LogP contribution in [0.25, 0.3) is 0 Å². The Hall–Kier alpha value is 0.120. The van der Waals surface area contributed by atoms with Gasteiger partial charge in [0, 0.05) is 11.3 Å². The van der Waals surface area contributed by atoms with Gasteiger partial charge in [-0.15, -0.1) is 0 Å². The van der Waals surface area contributed by atoms with Crippen LogP contribution in [-0.4, -0.2) is 31.3 Å². The molecule has 0 rings (SSSR count). The normalized spacial score (nSPS) is 10.9. The molecule has 0 aliphatic carbocycles. The first-order chi connectivity index (χ1) is 10.3. The van der Waals surface area contributed by atoms with Crippen molar-refractivity contribution in [2.75, 3.05) is 12.4 Å². The van der Waals surface area contributed by atoms with Gasteiger partial charge in [-0.3, -0.25) is 0 Å². The van der Waals surface area contributed by atoms with Crippen molar-refractivity contribution in [1.29, 1.82) is 0 Å². The molecule has 0 atom stereocenters. The molecule has 0 aliphatic rings. The molecule has 0 aliphatic heterocycles. The summed E-state index contributed by atoms with van der Waals surface area (Å²) in [6, 6.07) is 0. The number of esters is 1. The first-order valence-corrected chi connectivity index (χ1v) is 9.67. The van der Waals surface area contributed by atoms with Gasteiger partial charge in [-0.25, -0.2) is 13.2 Å². The van der Waals surface area contributed by atoms with Crippen molar-refractivity contribution in [3.8, 4) is 0 Å². The maximum atomic E-state index is 11.1. The molecule has 0 fully saturated rings. The van der Waals surface area contributed by atoms with Crippen LogP contribution in [-0.2, 0) is 19.6 Å². The van der Waals surface area contributed by atoms with E-state index >= 15 is 0 Å². The predicted molar refractivity (Wildman–Crippen MR) is 86.5 cm³/mol. The minimum absolute atomic E-state index is 0. The van der Waals surface area contributed by atoms with Crippen LogP contribution in [0.5, 0.6) is 0 Å². The minimum atomic E-state index is -4.03. The summed E-state index contributed by atoms with van der Waals surface area (Å²) in [6.45, 7) is 5.63. The molecule has 0 saturated carbocycles. The van der Waals surface area contributed by atoms with Crippen molar-refractivity contribution < 1.29 is 52.1 Å². The largest absolute Gasteiger partial charge is 1.00 e. The van der Waals surface area contributed by atoms with E-state index in [2.05, 4.69) is 6.58 Å². The Balaban J connectivity index is 0. The van der Waals surface area contributed by atoms with E-state index in [9.17, 15) is 17.8 Å². The molecule has 0 aromatic heterocycles. The zero-order valence-corrected chi connectivity index (χ0v) is 17.5. The van der Waals surface area contributed by atoms with Crippen LogP contribution in [0.3, 0.4) is 0 Å². The molecule has 0 radical (unpaired) electrons. The molecule has 7 heteroatoms. The monoisotopic (exact) mass is 356 g/mol. The SMILES string of the molecule is C=C(C)C(=O)OCCCCCCCCCCCCS(=O)(=O)[O-].[Na+]. The minimum Gasteiger partial charge on any atom is -0.748 e. The third-order valence-electron chi connectivity index (χ3n) is 3.37. The maximum Gasteiger partial charge on any atom is 1.00 e. The van der Waals surface area contributed by atoms with E-state index in [-0.39, 0.29) is 41.3 Å². The third-order valence-corrected chi connectivity index (χ3v) is 4.16. The van der Waals surface area contributed by atoms with Gasteiger partial charge in [-0.05, 0) is 19.8 Å². The molecule has 0 amide bonds. The Bertz CT molecular complexity index is 420. The summed E-state index contributed by atoms with van der Waals surface area (Å²) in [7, 11) is -4.03. The van der Waals surface area contributed by atoms with Crippen LogP contribution in [0.15, 0.2) is 12.2 Å². The topological polar surface area (TPSA) is 83.5 Å². The van der Waals surface area contributed by atoms with Gasteiger partial charge in [0.05, 0.1) is 16.7 Å². The summed E-state index contributed by atoms with van der Waals surface area (Å²) in [4.78, 5) is 11.1. The average molecular weight is 356 g/mol. The van der Waals surface area contributed by atoms with Crippen LogP contribution in [0.4, 0.5) is 0 Å². The molecule has 0 heterocycles. The Labute approximate surface area is 163 Å². The number of hydrogen-bond donors (Lipinski definition) is 0. The number of carbonyl (C=O) groups excluding carboxylic acids is 1. The number of carbonyl (C=O) groups is 1. The van der Waals surface area contributed by atoms with Crippen LogP contribution in [0, 0.1) is 0 Å². The summed E-state index contributed by atoms with van der Waals surface area (Å²) >= 11 is 0. The second-order valence-corrected chi connectivity index (χ2v) is 7.24. The van der Waals surface area contributed by atoms with E-state index in [1.165, 1.54) is 12.8 Å². The van der Waals surface area contributed by atoms with Gasteiger partial charge in [-0.1, -0.05) is 57.9 Å². The Morgan fingerprint density at radius 2 is 1.30 bits per heavy atom. The van der Waals surface area contributed by atoms with Crippen LogP contribution in [0.2, 0.25) is 0 Å². The van der Waals surface area contributed by atoms with E-state index in [4.69, 9.17) is 4.74 Å². The fourth-order valence-corrected chi connectivity index (χ4v) is 2.64. The summed E-state index contributed by atoms with van der Waals surface area (Å²) in [5.41, 5.74) is 0.438. The number of unbranched alkanes of at least 4 members (excludes halogenated alkanes) is 9. The maximum absolute atomic E-state index is 11.1. The number of hydrogen-bond acceptors (Lipinski definition) is 5. The standard InChI is InChI=1S/C16H30O5S.Na/c1-15(2)16(17)21-13-11-9-7-5-3-4-6-8-10-12-14-22(18,19)20;/h1,3-14H2,2H3,(H,18,19,20);/q;+1/p-1. The first kappa shape index (κ1) is 25.4. The van der Waals surface area contributed by atoms with Crippen LogP contribution >= 0.6 is 0 Å². The number of ether oxygens (including phenoxy) is 1. The molecule has 5 nitrogen and oxygen atoms in total. The molecule has 0 bridgehead atoms. The van der Waals surface area contributed by atoms with E-state index in [1.807, 2.05) is 0 Å². The van der Waals surface area contributed by atoms with Gasteiger partial charge in [0.15, 0.2) is 0 Å². The third kappa shape index (κ3) is 20.1. The van der Waals surface area contributed by atoms with E-state index in [0.29, 0.717) is 18.6 Å². The summed E-state index contributed by atoms with van der Waals surface area (Å²) in [5.74, 6) is -0.548. The number of rotatable bonds is 14. The summed E-state index contributed by atoms with van der Waals surface area (Å²) < 4.78 is 36.2.